The average Bonchev–Trinajstić information content (AvgIpc) is 2.95. The maximum absolute atomic E-state index is 13.3. The first kappa shape index (κ1) is 20.9. The molecule has 2 aliphatic rings. The van der Waals surface area contributed by atoms with Crippen molar-refractivity contribution in [2.75, 3.05) is 12.4 Å². The van der Waals surface area contributed by atoms with Gasteiger partial charge in [0.05, 0.1) is 34.6 Å². The van der Waals surface area contributed by atoms with E-state index in [0.29, 0.717) is 22.0 Å². The number of hydrogen-bond donors (Lipinski definition) is 1. The molecule has 0 aliphatic carbocycles. The predicted octanol–water partition coefficient (Wildman–Crippen LogP) is 5.15. The van der Waals surface area contributed by atoms with Crippen LogP contribution >= 0.6 is 11.6 Å². The number of esters is 1. The molecular weight excluding hydrogens is 418 g/mol. The van der Waals surface area contributed by atoms with Crippen LogP contribution in [-0.2, 0) is 20.3 Å². The van der Waals surface area contributed by atoms with Gasteiger partial charge < -0.3 is 10.1 Å². The SMILES string of the molecule is CCOC(=O)C1=C(c2ccccc2)NC2=C(C1c1ccccc1Cl)S(=O)CCCC2. The Hall–Kier alpha value is -2.37. The van der Waals surface area contributed by atoms with Crippen LogP contribution < -0.4 is 5.32 Å². The van der Waals surface area contributed by atoms with Crippen molar-refractivity contribution in [3.8, 4) is 0 Å². The molecular formula is C24H24ClNO3S. The molecule has 2 atom stereocenters. The Morgan fingerprint density at radius 2 is 1.87 bits per heavy atom. The number of carbonyl (C=O) groups is 1. The Morgan fingerprint density at radius 3 is 2.60 bits per heavy atom. The summed E-state index contributed by atoms with van der Waals surface area (Å²) in [5.74, 6) is -0.345. The Bertz CT molecular complexity index is 1050. The summed E-state index contributed by atoms with van der Waals surface area (Å²) in [6, 6.07) is 17.2. The third kappa shape index (κ3) is 3.96. The number of dihydropyridines is 1. The van der Waals surface area contributed by atoms with Gasteiger partial charge in [-0.3, -0.25) is 4.21 Å². The zero-order valence-electron chi connectivity index (χ0n) is 16.8. The molecule has 2 aromatic carbocycles. The smallest absolute Gasteiger partial charge is 0.337 e. The van der Waals surface area contributed by atoms with Crippen LogP contribution in [0.4, 0.5) is 0 Å². The lowest BCUT2D eigenvalue weighted by atomic mass is 9.84. The molecule has 2 aromatic rings. The highest BCUT2D eigenvalue weighted by Gasteiger charge is 2.40. The number of allylic oxidation sites excluding steroid dienone is 2. The number of hydrogen-bond acceptors (Lipinski definition) is 4. The summed E-state index contributed by atoms with van der Waals surface area (Å²) in [5, 5.41) is 4.02. The van der Waals surface area contributed by atoms with E-state index in [9.17, 15) is 9.00 Å². The standard InChI is InChI=1S/C24H24ClNO3S/c1-2-29-24(27)21-20(17-12-6-7-13-18(17)25)23-19(14-8-9-15-30(23)28)26-22(21)16-10-4-3-5-11-16/h3-7,10-13,20,26H,2,8-9,14-15H2,1H3. The van der Waals surface area contributed by atoms with Crippen LogP contribution in [0, 0.1) is 0 Å². The fourth-order valence-electron chi connectivity index (χ4n) is 4.10. The number of halogens is 1. The van der Waals surface area contributed by atoms with Crippen molar-refractivity contribution in [3.05, 3.63) is 86.9 Å². The van der Waals surface area contributed by atoms with Gasteiger partial charge in [-0.25, -0.2) is 4.79 Å². The van der Waals surface area contributed by atoms with E-state index >= 15 is 0 Å². The van der Waals surface area contributed by atoms with Gasteiger partial charge >= 0.3 is 5.97 Å². The lowest BCUT2D eigenvalue weighted by Gasteiger charge is -2.33. The van der Waals surface area contributed by atoms with Crippen molar-refractivity contribution in [3.63, 3.8) is 0 Å². The van der Waals surface area contributed by atoms with E-state index in [1.807, 2.05) is 54.6 Å². The first-order chi connectivity index (χ1) is 14.6. The minimum atomic E-state index is -1.21. The fraction of sp³-hybridized carbons (Fsp3) is 0.292. The highest BCUT2D eigenvalue weighted by molar-refractivity contribution is 7.89. The van der Waals surface area contributed by atoms with Gasteiger partial charge in [0.15, 0.2) is 0 Å². The number of ether oxygens (including phenoxy) is 1. The molecule has 30 heavy (non-hydrogen) atoms. The second-order valence-corrected chi connectivity index (χ2v) is 9.25. The summed E-state index contributed by atoms with van der Waals surface area (Å²) in [4.78, 5) is 14.0. The van der Waals surface area contributed by atoms with Crippen LogP contribution in [0.3, 0.4) is 0 Å². The summed E-state index contributed by atoms with van der Waals surface area (Å²) in [6.45, 7) is 2.05. The maximum Gasteiger partial charge on any atom is 0.337 e. The van der Waals surface area contributed by atoms with E-state index in [1.165, 1.54) is 0 Å². The summed E-state index contributed by atoms with van der Waals surface area (Å²) in [7, 11) is -1.21. The Balaban J connectivity index is 2.00. The zero-order valence-corrected chi connectivity index (χ0v) is 18.4. The van der Waals surface area contributed by atoms with Gasteiger partial charge in [-0.05, 0) is 43.4 Å². The minimum Gasteiger partial charge on any atom is -0.463 e. The second kappa shape index (κ2) is 9.19. The molecule has 0 bridgehead atoms. The van der Waals surface area contributed by atoms with Gasteiger partial charge in [0.2, 0.25) is 0 Å². The molecule has 0 saturated carbocycles. The van der Waals surface area contributed by atoms with Crippen LogP contribution in [0.25, 0.3) is 5.70 Å². The predicted molar refractivity (Wildman–Crippen MR) is 121 cm³/mol. The molecule has 0 amide bonds. The molecule has 6 heteroatoms. The van der Waals surface area contributed by atoms with Gasteiger partial charge in [-0.2, -0.15) is 0 Å². The lowest BCUT2D eigenvalue weighted by molar-refractivity contribution is -0.138. The Morgan fingerprint density at radius 1 is 1.13 bits per heavy atom. The van der Waals surface area contributed by atoms with Crippen molar-refractivity contribution in [2.24, 2.45) is 0 Å². The zero-order chi connectivity index (χ0) is 21.1. The van der Waals surface area contributed by atoms with E-state index in [2.05, 4.69) is 5.32 Å². The molecule has 0 spiro atoms. The van der Waals surface area contributed by atoms with Gasteiger partial charge in [-0.1, -0.05) is 60.1 Å². The Labute approximate surface area is 184 Å². The summed E-state index contributed by atoms with van der Waals surface area (Å²) >= 11 is 6.60. The summed E-state index contributed by atoms with van der Waals surface area (Å²) in [6.07, 6.45) is 2.62. The van der Waals surface area contributed by atoms with Crippen LogP contribution in [0.2, 0.25) is 5.02 Å². The van der Waals surface area contributed by atoms with E-state index in [-0.39, 0.29) is 6.61 Å². The molecule has 4 rings (SSSR count). The highest BCUT2D eigenvalue weighted by Crippen LogP contribution is 2.46. The number of nitrogens with one attached hydrogen (secondary N) is 1. The number of carbonyl (C=O) groups excluding carboxylic acids is 1. The van der Waals surface area contributed by atoms with E-state index < -0.39 is 22.7 Å². The van der Waals surface area contributed by atoms with Crippen LogP contribution in [0.5, 0.6) is 0 Å². The molecule has 156 valence electrons. The average molecular weight is 442 g/mol. The van der Waals surface area contributed by atoms with Crippen molar-refractivity contribution in [1.29, 1.82) is 0 Å². The van der Waals surface area contributed by atoms with Crippen molar-refractivity contribution >= 4 is 34.1 Å². The topological polar surface area (TPSA) is 55.4 Å². The first-order valence-corrected chi connectivity index (χ1v) is 11.9. The van der Waals surface area contributed by atoms with Gasteiger partial charge in [0.1, 0.15) is 0 Å². The summed E-state index contributed by atoms with van der Waals surface area (Å²) < 4.78 is 18.8. The first-order valence-electron chi connectivity index (χ1n) is 10.2. The molecule has 4 nitrogen and oxygen atoms in total. The minimum absolute atomic E-state index is 0.259. The monoisotopic (exact) mass is 441 g/mol. The molecule has 2 unspecified atom stereocenters. The lowest BCUT2D eigenvalue weighted by Crippen LogP contribution is -2.31. The van der Waals surface area contributed by atoms with E-state index in [0.717, 1.165) is 41.0 Å². The van der Waals surface area contributed by atoms with Crippen LogP contribution in [0.1, 0.15) is 43.2 Å². The van der Waals surface area contributed by atoms with Gasteiger partial charge in [0, 0.05) is 21.4 Å². The summed E-state index contributed by atoms with van der Waals surface area (Å²) in [5.41, 5.74) is 3.77. The molecule has 0 radical (unpaired) electrons. The fourth-order valence-corrected chi connectivity index (χ4v) is 5.96. The molecule has 2 aliphatic heterocycles. The van der Waals surface area contributed by atoms with Crippen LogP contribution in [-0.4, -0.2) is 22.5 Å². The normalized spacial score (nSPS) is 21.5. The van der Waals surface area contributed by atoms with E-state index in [1.54, 1.807) is 6.92 Å². The van der Waals surface area contributed by atoms with Gasteiger partial charge in [-0.15, -0.1) is 0 Å². The third-order valence-electron chi connectivity index (χ3n) is 5.42. The van der Waals surface area contributed by atoms with Crippen molar-refractivity contribution in [1.82, 2.24) is 5.32 Å². The number of rotatable bonds is 4. The van der Waals surface area contributed by atoms with Crippen molar-refractivity contribution < 1.29 is 13.7 Å². The van der Waals surface area contributed by atoms with Crippen LogP contribution in [0.15, 0.2) is 70.8 Å². The maximum atomic E-state index is 13.3. The molecule has 0 saturated heterocycles. The largest absolute Gasteiger partial charge is 0.463 e. The van der Waals surface area contributed by atoms with Crippen molar-refractivity contribution in [2.45, 2.75) is 32.1 Å². The molecule has 0 fully saturated rings. The second-order valence-electron chi connectivity index (χ2n) is 7.30. The van der Waals surface area contributed by atoms with E-state index in [4.69, 9.17) is 16.3 Å². The molecule has 1 N–H and O–H groups in total. The third-order valence-corrected chi connectivity index (χ3v) is 7.40. The highest BCUT2D eigenvalue weighted by atomic mass is 35.5. The Kier molecular flexibility index (Phi) is 6.40. The van der Waals surface area contributed by atoms with Gasteiger partial charge in [0.25, 0.3) is 0 Å². The molecule has 2 heterocycles. The number of benzene rings is 2. The quantitative estimate of drug-likeness (QED) is 0.667. The molecule has 0 aromatic heterocycles.